The van der Waals surface area contributed by atoms with E-state index in [4.69, 9.17) is 28.4 Å². The van der Waals surface area contributed by atoms with E-state index in [1.165, 1.54) is 121 Å². The summed E-state index contributed by atoms with van der Waals surface area (Å²) < 4.78 is 33.6. The highest BCUT2D eigenvalue weighted by atomic mass is 16.7. The Morgan fingerprint density at radius 3 is 1.41 bits per heavy atom. The van der Waals surface area contributed by atoms with Gasteiger partial charge in [-0.2, -0.15) is 0 Å². The lowest BCUT2D eigenvalue weighted by atomic mass is 9.89. The van der Waals surface area contributed by atoms with Gasteiger partial charge in [-0.05, 0) is 115 Å². The van der Waals surface area contributed by atoms with Crippen LogP contribution in [0.5, 0.6) is 5.75 Å². The number of rotatable bonds is 28. The molecule has 2 atom stereocenters. The van der Waals surface area contributed by atoms with Crippen LogP contribution in [0.3, 0.4) is 0 Å². The van der Waals surface area contributed by atoms with Gasteiger partial charge in [-0.15, -0.1) is 0 Å². The second kappa shape index (κ2) is 32.9. The molecule has 2 aliphatic heterocycles. The number of benzene rings is 1. The number of carbonyl (C=O) groups excluding carboxylic acids is 2. The summed E-state index contributed by atoms with van der Waals surface area (Å²) in [6, 6.07) is 7.62. The van der Waals surface area contributed by atoms with Gasteiger partial charge < -0.3 is 28.4 Å². The molecule has 2 unspecified atom stereocenters. The number of ether oxygens (including phenoxy) is 6. The summed E-state index contributed by atoms with van der Waals surface area (Å²) in [6.45, 7) is 7.72. The molecule has 322 valence electrons. The van der Waals surface area contributed by atoms with Crippen molar-refractivity contribution in [3.05, 3.63) is 29.8 Å². The molecule has 2 heterocycles. The van der Waals surface area contributed by atoms with E-state index in [1.807, 2.05) is 31.2 Å². The molecule has 3 aliphatic rings. The summed E-state index contributed by atoms with van der Waals surface area (Å²) >= 11 is 0. The molecule has 1 aromatic carbocycles. The Hall–Kier alpha value is -2.00. The van der Waals surface area contributed by atoms with Crippen LogP contribution in [-0.4, -0.2) is 57.1 Å². The number of aryl methyl sites for hydroxylation is 1. The Labute approximate surface area is 342 Å². The fourth-order valence-corrected chi connectivity index (χ4v) is 7.71. The molecule has 0 spiro atoms. The lowest BCUT2D eigenvalue weighted by Crippen LogP contribution is -2.23. The molecule has 1 aliphatic carbocycles. The van der Waals surface area contributed by atoms with Crippen LogP contribution >= 0.6 is 0 Å². The maximum absolute atomic E-state index is 11.9. The van der Waals surface area contributed by atoms with Crippen molar-refractivity contribution in [1.29, 1.82) is 0 Å². The third-order valence-electron chi connectivity index (χ3n) is 11.4. The topological polar surface area (TPSA) is 89.5 Å². The van der Waals surface area contributed by atoms with Gasteiger partial charge in [0.05, 0.1) is 0 Å². The molecule has 56 heavy (non-hydrogen) atoms. The predicted octanol–water partition coefficient (Wildman–Crippen LogP) is 12.9. The third-order valence-corrected chi connectivity index (χ3v) is 11.4. The average Bonchev–Trinajstić information content (AvgIpc) is 3.21. The molecule has 8 nitrogen and oxygen atoms in total. The molecule has 0 amide bonds. The monoisotopic (exact) mass is 787 g/mol. The minimum Gasteiger partial charge on any atom is -0.462 e. The Morgan fingerprint density at radius 2 is 0.964 bits per heavy atom. The molecule has 2 saturated heterocycles. The average molecular weight is 787 g/mol. The van der Waals surface area contributed by atoms with Crippen molar-refractivity contribution >= 4 is 11.9 Å². The summed E-state index contributed by atoms with van der Waals surface area (Å²) in [5.41, 5.74) is 1.17. The predicted molar refractivity (Wildman–Crippen MR) is 226 cm³/mol. The van der Waals surface area contributed by atoms with Crippen LogP contribution in [0, 0.1) is 12.8 Å². The molecule has 1 saturated carbocycles. The lowest BCUT2D eigenvalue weighted by Gasteiger charge is -2.25. The molecular formula is C48H82O8. The van der Waals surface area contributed by atoms with Crippen molar-refractivity contribution < 1.29 is 38.0 Å². The Bertz CT molecular complexity index is 1070. The number of hydrogen-bond acceptors (Lipinski definition) is 8. The zero-order chi connectivity index (χ0) is 39.7. The smallest absolute Gasteiger partial charge is 0.311 e. The van der Waals surface area contributed by atoms with E-state index in [0.717, 1.165) is 96.6 Å². The molecule has 0 radical (unpaired) electrons. The highest BCUT2D eigenvalue weighted by molar-refractivity contribution is 5.72. The van der Waals surface area contributed by atoms with Crippen molar-refractivity contribution in [3.8, 4) is 5.75 Å². The van der Waals surface area contributed by atoms with E-state index in [1.54, 1.807) is 0 Å². The Balaban J connectivity index is 0.000000300. The third kappa shape index (κ3) is 26.1. The van der Waals surface area contributed by atoms with Gasteiger partial charge in [0.1, 0.15) is 11.9 Å². The van der Waals surface area contributed by atoms with E-state index in [-0.39, 0.29) is 30.6 Å². The quantitative estimate of drug-likeness (QED) is 0.0471. The van der Waals surface area contributed by atoms with Crippen LogP contribution in [0.25, 0.3) is 0 Å². The molecule has 0 bridgehead atoms. The van der Waals surface area contributed by atoms with Crippen molar-refractivity contribution in [2.24, 2.45) is 5.92 Å². The van der Waals surface area contributed by atoms with Crippen molar-refractivity contribution in [2.45, 2.75) is 225 Å². The second-order valence-electron chi connectivity index (χ2n) is 16.9. The van der Waals surface area contributed by atoms with Crippen LogP contribution in [0.4, 0.5) is 0 Å². The fourth-order valence-electron chi connectivity index (χ4n) is 7.71. The zero-order valence-corrected chi connectivity index (χ0v) is 35.9. The SMILES string of the molecule is CC1CCC(OC(=O)CCCCCCCCCCCOC2CCCCO2)CC1.Cc1ccc(OC(=O)CCCCCCCCCCCOC2CCCCO2)cc1. The van der Waals surface area contributed by atoms with E-state index in [0.29, 0.717) is 18.6 Å². The van der Waals surface area contributed by atoms with Crippen molar-refractivity contribution in [1.82, 2.24) is 0 Å². The summed E-state index contributed by atoms with van der Waals surface area (Å²) in [7, 11) is 0. The fraction of sp³-hybridized carbons (Fsp3) is 0.833. The number of carbonyl (C=O) groups is 2. The van der Waals surface area contributed by atoms with E-state index < -0.39 is 0 Å². The molecule has 1 aromatic rings. The maximum Gasteiger partial charge on any atom is 0.311 e. The molecule has 4 rings (SSSR count). The number of unbranched alkanes of at least 4 members (excludes halogenated alkanes) is 16. The highest BCUT2D eigenvalue weighted by Gasteiger charge is 2.21. The Kier molecular flexibility index (Phi) is 28.4. The van der Waals surface area contributed by atoms with Gasteiger partial charge >= 0.3 is 11.9 Å². The van der Waals surface area contributed by atoms with E-state index in [9.17, 15) is 9.59 Å². The van der Waals surface area contributed by atoms with Gasteiger partial charge in [-0.1, -0.05) is 115 Å². The van der Waals surface area contributed by atoms with Gasteiger partial charge in [0.25, 0.3) is 0 Å². The first kappa shape index (κ1) is 48.4. The van der Waals surface area contributed by atoms with Gasteiger partial charge in [0.2, 0.25) is 0 Å². The number of esters is 2. The summed E-state index contributed by atoms with van der Waals surface area (Å²) in [5.74, 6) is 1.36. The first-order valence-electron chi connectivity index (χ1n) is 23.4. The number of hydrogen-bond donors (Lipinski definition) is 0. The molecule has 8 heteroatoms. The largest absolute Gasteiger partial charge is 0.462 e. The van der Waals surface area contributed by atoms with Crippen LogP contribution in [-0.2, 0) is 33.3 Å². The van der Waals surface area contributed by atoms with Gasteiger partial charge in [-0.3, -0.25) is 9.59 Å². The van der Waals surface area contributed by atoms with E-state index >= 15 is 0 Å². The van der Waals surface area contributed by atoms with E-state index in [2.05, 4.69) is 6.92 Å². The maximum atomic E-state index is 11.9. The van der Waals surface area contributed by atoms with Crippen LogP contribution in [0.1, 0.15) is 205 Å². The minimum absolute atomic E-state index is 0.0281. The lowest BCUT2D eigenvalue weighted by molar-refractivity contribution is -0.163. The summed E-state index contributed by atoms with van der Waals surface area (Å²) in [4.78, 5) is 23.7. The standard InChI is InChI=1S/C24H44O4.C24H38O4/c2*1-21-15-17-22(18-16-21)28-23(25)13-9-7-5-3-2-4-6-8-11-19-26-24-14-10-12-20-27-24/h21-22,24H,2-20H2,1H3;15-18,24H,2-14,19-20H2,1H3. The zero-order valence-electron chi connectivity index (χ0n) is 35.9. The minimum atomic E-state index is -0.121. The normalized spacial score (nSPS) is 21.2. The van der Waals surface area contributed by atoms with Crippen LogP contribution in [0.15, 0.2) is 24.3 Å². The highest BCUT2D eigenvalue weighted by Crippen LogP contribution is 2.26. The second-order valence-corrected chi connectivity index (χ2v) is 16.9. The van der Waals surface area contributed by atoms with Crippen LogP contribution < -0.4 is 4.74 Å². The molecular weight excluding hydrogens is 705 g/mol. The Morgan fingerprint density at radius 1 is 0.536 bits per heavy atom. The first-order valence-corrected chi connectivity index (χ1v) is 23.4. The molecule has 0 N–H and O–H groups in total. The van der Waals surface area contributed by atoms with Crippen molar-refractivity contribution in [2.75, 3.05) is 26.4 Å². The summed E-state index contributed by atoms with van der Waals surface area (Å²) in [6.07, 6.45) is 34.8. The van der Waals surface area contributed by atoms with Crippen molar-refractivity contribution in [3.63, 3.8) is 0 Å². The van der Waals surface area contributed by atoms with Gasteiger partial charge in [0.15, 0.2) is 12.6 Å². The van der Waals surface area contributed by atoms with Gasteiger partial charge in [-0.25, -0.2) is 0 Å². The molecule has 3 fully saturated rings. The first-order chi connectivity index (χ1) is 27.5. The summed E-state index contributed by atoms with van der Waals surface area (Å²) in [5, 5.41) is 0. The van der Waals surface area contributed by atoms with Gasteiger partial charge in [0, 0.05) is 39.3 Å². The molecule has 0 aromatic heterocycles. The van der Waals surface area contributed by atoms with Crippen LogP contribution in [0.2, 0.25) is 0 Å².